The highest BCUT2D eigenvalue weighted by atomic mass is 16.2. The average molecular weight is 1070 g/mol. The Hall–Kier alpha value is -6.91. The van der Waals surface area contributed by atoms with Crippen LogP contribution in [0.4, 0.5) is 0 Å². The number of hydrogen-bond donors (Lipinski definition) is 6. The lowest BCUT2D eigenvalue weighted by Gasteiger charge is -2.44. The first-order valence-corrected chi connectivity index (χ1v) is 27.8. The maximum absolute atomic E-state index is 15.6. The minimum Gasteiger partial charge on any atom is -0.347 e. The highest BCUT2D eigenvalue weighted by Gasteiger charge is 2.47. The van der Waals surface area contributed by atoms with Crippen molar-refractivity contribution in [1.29, 1.82) is 0 Å². The van der Waals surface area contributed by atoms with Crippen molar-refractivity contribution in [3.05, 3.63) is 142 Å². The van der Waals surface area contributed by atoms with Gasteiger partial charge in [-0.1, -0.05) is 139 Å². The number of amides is 7. The van der Waals surface area contributed by atoms with E-state index in [2.05, 4.69) is 38.0 Å². The molecule has 16 nitrogen and oxygen atoms in total. The molecule has 7 amide bonds. The second-order valence-electron chi connectivity index (χ2n) is 23.7. The van der Waals surface area contributed by atoms with Crippen LogP contribution < -0.4 is 31.9 Å². The molecule has 16 heteroatoms. The number of carbonyl (C=O) groups excluding carboxylic acids is 7. The first-order valence-electron chi connectivity index (χ1n) is 27.8. The summed E-state index contributed by atoms with van der Waals surface area (Å²) in [5, 5.41) is 18.2. The van der Waals surface area contributed by atoms with Gasteiger partial charge in [0.25, 0.3) is 5.91 Å². The third-order valence-corrected chi connectivity index (χ3v) is 16.0. The fourth-order valence-electron chi connectivity index (χ4n) is 11.1. The Kier molecular flexibility index (Phi) is 19.0. The van der Waals surface area contributed by atoms with Crippen LogP contribution in [0, 0.1) is 10.8 Å². The fraction of sp³-hybridized carbons (Fsp3) is 0.500. The molecule has 6 N–H and O–H groups in total. The Morgan fingerprint density at radius 1 is 0.654 bits per heavy atom. The zero-order valence-electron chi connectivity index (χ0n) is 47.6. The molecule has 9 atom stereocenters. The van der Waals surface area contributed by atoms with Crippen LogP contribution >= 0.6 is 0 Å². The summed E-state index contributed by atoms with van der Waals surface area (Å²) in [7, 11) is 3.36. The molecular weight excluding hydrogens is 983 g/mol. The van der Waals surface area contributed by atoms with E-state index in [9.17, 15) is 24.0 Å². The van der Waals surface area contributed by atoms with Crippen LogP contribution in [0.25, 0.3) is 0 Å². The maximum atomic E-state index is 15.6. The van der Waals surface area contributed by atoms with Crippen molar-refractivity contribution in [1.82, 2.24) is 46.6 Å². The van der Waals surface area contributed by atoms with E-state index in [1.807, 2.05) is 138 Å². The van der Waals surface area contributed by atoms with Crippen molar-refractivity contribution in [2.75, 3.05) is 20.6 Å². The van der Waals surface area contributed by atoms with Gasteiger partial charge in [0, 0.05) is 37.7 Å². The van der Waals surface area contributed by atoms with Crippen LogP contribution in [-0.2, 0) is 54.7 Å². The number of fused-ring (bicyclic) bond motifs is 2. The first kappa shape index (κ1) is 58.8. The molecule has 418 valence electrons. The number of nitrogens with zero attached hydrogens (tertiary/aromatic N) is 3. The Bertz CT molecular complexity index is 2790. The molecule has 0 saturated carbocycles. The predicted octanol–water partition coefficient (Wildman–Crippen LogP) is 6.29. The number of aryl methyl sites for hydroxylation is 1. The van der Waals surface area contributed by atoms with Crippen molar-refractivity contribution in [2.24, 2.45) is 10.8 Å². The summed E-state index contributed by atoms with van der Waals surface area (Å²) in [6, 6.07) is 26.8. The van der Waals surface area contributed by atoms with Crippen LogP contribution in [0.1, 0.15) is 144 Å². The number of rotatable bonds is 18. The summed E-state index contributed by atoms with van der Waals surface area (Å²) in [5.41, 5.74) is 4.77. The Labute approximate surface area is 461 Å². The highest BCUT2D eigenvalue weighted by Crippen LogP contribution is 2.35. The summed E-state index contributed by atoms with van der Waals surface area (Å²) in [5.74, 6) is -2.37. The van der Waals surface area contributed by atoms with Gasteiger partial charge in [0.05, 0.1) is 24.2 Å². The Morgan fingerprint density at radius 3 is 1.78 bits per heavy atom. The minimum absolute atomic E-state index is 0.0457. The monoisotopic (exact) mass is 1070 g/mol. The second-order valence-corrected chi connectivity index (χ2v) is 23.7. The highest BCUT2D eigenvalue weighted by molar-refractivity contribution is 5.97. The number of likely N-dealkylation sites (tertiary alicyclic amines) is 1. The standard InChI is InChI=1S/C62H83N9O7/c1-12-49(42-22-14-13-15-23-42)69(58(76)51-33-44-24-16-17-25-45(44)36-70(51)59(77)52(61(4,5)6)67-54(72)38(2)63-10)35-40-29-31-43(32-30-40)56(74)65-46-34-50(57(75)66-48-28-20-26-41-21-18-19-27-47(41)48)71(37-46)60(78)53(62(7,8)9)68-55(73)39(3)64-11/h13-19,21-25,27,29-32,38-39,46,48-53,63-64H,12,20,26,28,33-37H2,1-11H3,(H,65,74)(H,66,75)(H,67,72)(H,68,73)/t38-,39-,46?,48+,49+,50-,51-,52?,53+/m0/s1. The molecule has 0 radical (unpaired) electrons. The Morgan fingerprint density at radius 2 is 1.21 bits per heavy atom. The predicted molar refractivity (Wildman–Crippen MR) is 302 cm³/mol. The van der Waals surface area contributed by atoms with Crippen LogP contribution in [0.3, 0.4) is 0 Å². The third-order valence-electron chi connectivity index (χ3n) is 16.0. The van der Waals surface area contributed by atoms with Gasteiger partial charge in [-0.3, -0.25) is 33.6 Å². The van der Waals surface area contributed by atoms with Gasteiger partial charge in [-0.15, -0.1) is 0 Å². The number of likely N-dealkylation sites (N-methyl/N-ethyl adjacent to an activating group) is 2. The molecule has 0 spiro atoms. The molecule has 0 aromatic heterocycles. The molecule has 1 saturated heterocycles. The summed E-state index contributed by atoms with van der Waals surface area (Å²) in [4.78, 5) is 106. The molecule has 4 aromatic rings. The lowest BCUT2D eigenvalue weighted by Crippen LogP contribution is -2.62. The van der Waals surface area contributed by atoms with Crippen molar-refractivity contribution >= 4 is 41.4 Å². The van der Waals surface area contributed by atoms with Gasteiger partial charge in [-0.25, -0.2) is 0 Å². The van der Waals surface area contributed by atoms with Crippen LogP contribution in [0.15, 0.2) is 103 Å². The molecule has 2 heterocycles. The molecule has 1 aliphatic carbocycles. The zero-order chi connectivity index (χ0) is 56.6. The summed E-state index contributed by atoms with van der Waals surface area (Å²) in [6.45, 7) is 17.2. The van der Waals surface area contributed by atoms with Gasteiger partial charge in [0.1, 0.15) is 24.2 Å². The first-order chi connectivity index (χ1) is 37.0. The van der Waals surface area contributed by atoms with Gasteiger partial charge in [-0.2, -0.15) is 0 Å². The number of hydrogen-bond acceptors (Lipinski definition) is 9. The molecule has 3 aliphatic rings. The van der Waals surface area contributed by atoms with E-state index in [0.29, 0.717) is 12.0 Å². The van der Waals surface area contributed by atoms with Gasteiger partial charge in [0.15, 0.2) is 0 Å². The van der Waals surface area contributed by atoms with Gasteiger partial charge in [-0.05, 0) is 116 Å². The van der Waals surface area contributed by atoms with Gasteiger partial charge < -0.3 is 46.6 Å². The molecule has 7 rings (SSSR count). The third kappa shape index (κ3) is 13.7. The van der Waals surface area contributed by atoms with Crippen molar-refractivity contribution < 1.29 is 33.6 Å². The quantitative estimate of drug-likeness (QED) is 0.0663. The number of benzene rings is 4. The fourth-order valence-corrected chi connectivity index (χ4v) is 11.1. The lowest BCUT2D eigenvalue weighted by molar-refractivity contribution is -0.152. The molecule has 1 fully saturated rings. The largest absolute Gasteiger partial charge is 0.347 e. The van der Waals surface area contributed by atoms with Crippen molar-refractivity contribution in [2.45, 2.75) is 168 Å². The summed E-state index contributed by atoms with van der Waals surface area (Å²) in [6.07, 6.45) is 3.58. The average Bonchev–Trinajstić information content (AvgIpc) is 3.86. The van der Waals surface area contributed by atoms with Gasteiger partial charge >= 0.3 is 0 Å². The maximum Gasteiger partial charge on any atom is 0.251 e. The van der Waals surface area contributed by atoms with E-state index in [0.717, 1.165) is 47.1 Å². The van der Waals surface area contributed by atoms with E-state index in [1.54, 1.807) is 45.0 Å². The van der Waals surface area contributed by atoms with E-state index < -0.39 is 64.9 Å². The van der Waals surface area contributed by atoms with Crippen molar-refractivity contribution in [3.8, 4) is 0 Å². The smallest absolute Gasteiger partial charge is 0.251 e. The Balaban J connectivity index is 1.15. The van der Waals surface area contributed by atoms with E-state index >= 15 is 9.59 Å². The molecule has 78 heavy (non-hydrogen) atoms. The van der Waals surface area contributed by atoms with Crippen molar-refractivity contribution in [3.63, 3.8) is 0 Å². The lowest BCUT2D eigenvalue weighted by atomic mass is 9.84. The zero-order valence-corrected chi connectivity index (χ0v) is 47.6. The number of nitrogens with one attached hydrogen (secondary N) is 6. The molecule has 0 bridgehead atoms. The number of carbonyl (C=O) groups is 7. The summed E-state index contributed by atoms with van der Waals surface area (Å²) >= 11 is 0. The SMILES string of the molecule is CC[C@H](c1ccccc1)N(Cc1ccc(C(=O)NC2C[C@@H](C(=O)N[C@@H]3CCCc4ccccc43)N(C(=O)[C@@H](NC(=O)[C@H](C)NC)C(C)(C)C)C2)cc1)C(=O)[C@@H]1Cc2ccccc2CN1C(=O)C(NC(=O)[C@H](C)NC)C(C)(C)C. The second kappa shape index (κ2) is 25.3. The molecule has 2 aliphatic heterocycles. The van der Waals surface area contributed by atoms with Crippen LogP contribution in [0.2, 0.25) is 0 Å². The summed E-state index contributed by atoms with van der Waals surface area (Å²) < 4.78 is 0. The molecule has 4 aromatic carbocycles. The van der Waals surface area contributed by atoms with Gasteiger partial charge in [0.2, 0.25) is 35.4 Å². The van der Waals surface area contributed by atoms with E-state index in [-0.39, 0.29) is 74.1 Å². The molecular formula is C62H83N9O7. The van der Waals surface area contributed by atoms with E-state index in [4.69, 9.17) is 0 Å². The van der Waals surface area contributed by atoms with E-state index in [1.165, 1.54) is 10.5 Å². The topological polar surface area (TPSA) is 201 Å². The van der Waals surface area contributed by atoms with Crippen LogP contribution in [0.5, 0.6) is 0 Å². The minimum atomic E-state index is -0.966. The van der Waals surface area contributed by atoms with Crippen LogP contribution in [-0.4, -0.2) is 119 Å². The normalized spacial score (nSPS) is 20.1. The molecule has 2 unspecified atom stereocenters.